The number of amides is 3. The van der Waals surface area contributed by atoms with Crippen LogP contribution in [0.3, 0.4) is 0 Å². The van der Waals surface area contributed by atoms with Crippen molar-refractivity contribution in [3.05, 3.63) is 95.6 Å². The largest absolute Gasteiger partial charge is 0.349 e. The van der Waals surface area contributed by atoms with E-state index in [0.717, 1.165) is 62.5 Å². The number of allylic oxidation sites excluding steroid dienone is 2. The maximum atomic E-state index is 15.1. The Balaban J connectivity index is 1.00. The van der Waals surface area contributed by atoms with Crippen LogP contribution in [0, 0.1) is 50.2 Å². The van der Waals surface area contributed by atoms with E-state index in [0.29, 0.717) is 43.9 Å². The molecule has 0 unspecified atom stereocenters. The van der Waals surface area contributed by atoms with Crippen LogP contribution in [0.4, 0.5) is 0 Å². The zero-order valence-electron chi connectivity index (χ0n) is 36.5. The molecule has 8 atom stereocenters. The Morgan fingerprint density at radius 2 is 1.28 bits per heavy atom. The van der Waals surface area contributed by atoms with Gasteiger partial charge in [-0.15, -0.1) is 0 Å². The first-order valence-electron chi connectivity index (χ1n) is 22.6. The molecule has 1 heterocycles. The zero-order valence-corrected chi connectivity index (χ0v) is 36.5. The monoisotopic (exact) mass is 784 g/mol. The van der Waals surface area contributed by atoms with Crippen molar-refractivity contribution in [1.29, 1.82) is 0 Å². The normalized spacial score (nSPS) is 36.6. The van der Waals surface area contributed by atoms with Gasteiger partial charge in [-0.2, -0.15) is 0 Å². The van der Waals surface area contributed by atoms with E-state index in [2.05, 4.69) is 64.8 Å². The highest BCUT2D eigenvalue weighted by Gasteiger charge is 2.69. The van der Waals surface area contributed by atoms with Crippen molar-refractivity contribution in [2.24, 2.45) is 50.2 Å². The molecule has 0 bridgehead atoms. The molecule has 2 aromatic rings. The van der Waals surface area contributed by atoms with Crippen molar-refractivity contribution >= 4 is 29.9 Å². The molecule has 310 valence electrons. The van der Waals surface area contributed by atoms with Crippen molar-refractivity contribution in [1.82, 2.24) is 15.1 Å². The van der Waals surface area contributed by atoms with Crippen LogP contribution in [-0.2, 0) is 14.4 Å². The summed E-state index contributed by atoms with van der Waals surface area (Å²) in [5.74, 6) is 1.72. The molecule has 5 fully saturated rings. The topological polar surface area (TPSA) is 69.7 Å². The number of carbonyl (C=O) groups is 3. The summed E-state index contributed by atoms with van der Waals surface area (Å²) in [6.45, 7) is 20.0. The maximum absolute atomic E-state index is 15.1. The second-order valence-corrected chi connectivity index (χ2v) is 21.4. The number of fused-ring (bicyclic) bond motifs is 7. The van der Waals surface area contributed by atoms with Crippen molar-refractivity contribution in [3.8, 4) is 0 Å². The molecule has 0 aromatic heterocycles. The lowest BCUT2D eigenvalue weighted by Gasteiger charge is -2.71. The van der Waals surface area contributed by atoms with Crippen LogP contribution >= 0.6 is 0 Å². The van der Waals surface area contributed by atoms with Crippen LogP contribution in [0.2, 0.25) is 0 Å². The van der Waals surface area contributed by atoms with Crippen LogP contribution in [0.5, 0.6) is 0 Å². The minimum Gasteiger partial charge on any atom is -0.349 e. The second-order valence-electron chi connectivity index (χ2n) is 21.4. The number of benzene rings is 2. The van der Waals surface area contributed by atoms with Gasteiger partial charge in [0.1, 0.15) is 0 Å². The molecule has 1 saturated heterocycles. The predicted octanol–water partition coefficient (Wildman–Crippen LogP) is 10.4. The summed E-state index contributed by atoms with van der Waals surface area (Å²) in [6.07, 6.45) is 20.6. The Morgan fingerprint density at radius 1 is 0.672 bits per heavy atom. The molecule has 5 aliphatic carbocycles. The van der Waals surface area contributed by atoms with E-state index in [-0.39, 0.29) is 56.3 Å². The summed E-state index contributed by atoms with van der Waals surface area (Å²) < 4.78 is 0. The van der Waals surface area contributed by atoms with Crippen molar-refractivity contribution in [2.75, 3.05) is 26.2 Å². The Morgan fingerprint density at radius 3 is 1.93 bits per heavy atom. The van der Waals surface area contributed by atoms with Crippen LogP contribution in [0.25, 0.3) is 12.2 Å². The fourth-order valence-corrected chi connectivity index (χ4v) is 14.1. The summed E-state index contributed by atoms with van der Waals surface area (Å²) in [7, 11) is 0. The molecule has 6 aliphatic rings. The summed E-state index contributed by atoms with van der Waals surface area (Å²) in [5.41, 5.74) is 3.82. The van der Waals surface area contributed by atoms with Gasteiger partial charge in [0.15, 0.2) is 0 Å². The first-order chi connectivity index (χ1) is 27.5. The van der Waals surface area contributed by atoms with Crippen molar-refractivity contribution in [3.63, 3.8) is 0 Å². The summed E-state index contributed by atoms with van der Waals surface area (Å²) in [6, 6.07) is 20.2. The van der Waals surface area contributed by atoms with E-state index in [4.69, 9.17) is 0 Å². The Labute approximate surface area is 349 Å². The van der Waals surface area contributed by atoms with Gasteiger partial charge >= 0.3 is 0 Å². The third kappa shape index (κ3) is 6.82. The molecule has 3 amide bonds. The summed E-state index contributed by atoms with van der Waals surface area (Å²) >= 11 is 0. The third-order valence-corrected chi connectivity index (χ3v) is 17.7. The minimum atomic E-state index is -0.363. The number of piperazine rings is 1. The first-order valence-corrected chi connectivity index (χ1v) is 22.6. The molecular weight excluding hydrogens is 715 g/mol. The SMILES string of the molecule is CC1(C)CC[C@]2(C(=O)N3CCN(C(=O)/C=C/c4ccccc4)CC3)CC[C@]3(C)C(=CC[C@@H]4[C@@]5(C)CC[C@H](NC(=O)/C=C/c6ccccc6)C(C)(C)[C@@H]5CC[C@]43C)[C@@H]2C1. The van der Waals surface area contributed by atoms with Gasteiger partial charge in [-0.05, 0) is 132 Å². The van der Waals surface area contributed by atoms with Gasteiger partial charge in [-0.1, -0.05) is 121 Å². The lowest BCUT2D eigenvalue weighted by Crippen LogP contribution is -2.67. The van der Waals surface area contributed by atoms with E-state index in [1.54, 1.807) is 17.7 Å². The summed E-state index contributed by atoms with van der Waals surface area (Å²) in [5, 5.41) is 3.47. The number of hydrogen-bond acceptors (Lipinski definition) is 3. The molecule has 2 aromatic carbocycles. The van der Waals surface area contributed by atoms with E-state index in [1.807, 2.05) is 77.7 Å². The molecule has 6 nitrogen and oxygen atoms in total. The lowest BCUT2D eigenvalue weighted by molar-refractivity contribution is -0.190. The van der Waals surface area contributed by atoms with Crippen molar-refractivity contribution in [2.45, 2.75) is 119 Å². The fraction of sp³-hybridized carbons (Fsp3) is 0.596. The molecule has 1 aliphatic heterocycles. The molecule has 58 heavy (non-hydrogen) atoms. The van der Waals surface area contributed by atoms with Gasteiger partial charge in [0.25, 0.3) is 0 Å². The Kier molecular flexibility index (Phi) is 10.5. The first kappa shape index (κ1) is 40.8. The number of hydrogen-bond donors (Lipinski definition) is 1. The fourth-order valence-electron chi connectivity index (χ4n) is 14.1. The van der Waals surface area contributed by atoms with Gasteiger partial charge in [-0.25, -0.2) is 0 Å². The van der Waals surface area contributed by atoms with E-state index < -0.39 is 0 Å². The van der Waals surface area contributed by atoms with Crippen LogP contribution in [0.15, 0.2) is 84.5 Å². The smallest absolute Gasteiger partial charge is 0.246 e. The van der Waals surface area contributed by atoms with E-state index in [1.165, 1.54) is 12.8 Å². The van der Waals surface area contributed by atoms with Crippen molar-refractivity contribution < 1.29 is 14.4 Å². The predicted molar refractivity (Wildman–Crippen MR) is 235 cm³/mol. The van der Waals surface area contributed by atoms with Gasteiger partial charge in [-0.3, -0.25) is 14.4 Å². The Bertz CT molecular complexity index is 1970. The zero-order chi connectivity index (χ0) is 41.1. The molecule has 0 spiro atoms. The third-order valence-electron chi connectivity index (χ3n) is 17.7. The van der Waals surface area contributed by atoms with Gasteiger partial charge in [0.05, 0.1) is 5.41 Å². The number of rotatable bonds is 6. The van der Waals surface area contributed by atoms with Gasteiger partial charge in [0, 0.05) is 44.4 Å². The molecule has 0 radical (unpaired) electrons. The average Bonchev–Trinajstić information content (AvgIpc) is 3.21. The second kappa shape index (κ2) is 15.0. The highest BCUT2D eigenvalue weighted by atomic mass is 16.2. The molecular formula is C52H69N3O3. The van der Waals surface area contributed by atoms with Crippen LogP contribution < -0.4 is 5.32 Å². The lowest BCUT2D eigenvalue weighted by atomic mass is 9.33. The standard InChI is InChI=1S/C52H69N3O3/c1-47(2)28-30-52(46(58)55-34-32-54(33-35-55)45(57)23-19-38-16-12-9-13-17-38)31-29-50(6)39(40(52)36-47)20-21-42-49(5)26-25-43(48(3,4)41(49)24-27-51(42,50)7)53-44(56)22-18-37-14-10-8-11-15-37/h8-20,22-23,40-43H,21,24-36H2,1-7H3,(H,53,56)/b22-18+,23-19+/t40-,41-,42+,43-,49-,50+,51+,52-/m0/s1. The molecule has 6 heteroatoms. The summed E-state index contributed by atoms with van der Waals surface area (Å²) in [4.78, 5) is 45.6. The quantitative estimate of drug-likeness (QED) is 0.234. The highest BCUT2D eigenvalue weighted by molar-refractivity contribution is 5.92. The molecule has 4 saturated carbocycles. The van der Waals surface area contributed by atoms with E-state index >= 15 is 4.79 Å². The minimum absolute atomic E-state index is 0.00549. The maximum Gasteiger partial charge on any atom is 0.246 e. The van der Waals surface area contributed by atoms with Crippen LogP contribution in [-0.4, -0.2) is 59.7 Å². The molecule has 1 N–H and O–H groups in total. The highest BCUT2D eigenvalue weighted by Crippen LogP contribution is 2.76. The van der Waals surface area contributed by atoms with Gasteiger partial charge in [0.2, 0.25) is 17.7 Å². The average molecular weight is 784 g/mol. The Hall–Kier alpha value is -3.93. The van der Waals surface area contributed by atoms with Gasteiger partial charge < -0.3 is 15.1 Å². The van der Waals surface area contributed by atoms with E-state index in [9.17, 15) is 9.59 Å². The number of nitrogens with one attached hydrogen (secondary N) is 1. The number of carbonyl (C=O) groups excluding carboxylic acids is 3. The molecule has 8 rings (SSSR count). The number of nitrogens with zero attached hydrogens (tertiary/aromatic N) is 2. The van der Waals surface area contributed by atoms with Crippen LogP contribution in [0.1, 0.15) is 124 Å².